The van der Waals surface area contributed by atoms with Gasteiger partial charge in [0.15, 0.2) is 0 Å². The van der Waals surface area contributed by atoms with Crippen LogP contribution in [-0.2, 0) is 0 Å². The van der Waals surface area contributed by atoms with Crippen molar-refractivity contribution in [3.05, 3.63) is 47.0 Å². The monoisotopic (exact) mass is 251 g/mol. The molecular weight excluding hydrogens is 241 g/mol. The van der Waals surface area contributed by atoms with E-state index in [1.165, 1.54) is 12.1 Å². The minimum atomic E-state index is -1.24. The van der Waals surface area contributed by atoms with Crippen LogP contribution in [0.2, 0.25) is 0 Å². The van der Waals surface area contributed by atoms with Gasteiger partial charge in [0.25, 0.3) is 0 Å². The van der Waals surface area contributed by atoms with Crippen molar-refractivity contribution in [3.63, 3.8) is 0 Å². The van der Waals surface area contributed by atoms with E-state index >= 15 is 0 Å². The number of carbonyl (C=O) groups excluding carboxylic acids is 2. The molecule has 0 unspecified atom stereocenters. The summed E-state index contributed by atoms with van der Waals surface area (Å²) in [5, 5.41) is 12.2. The maximum atomic E-state index is 11.2. The smallest absolute Gasteiger partial charge is 0.545 e. The van der Waals surface area contributed by atoms with Crippen molar-refractivity contribution in [2.24, 2.45) is 5.73 Å². The largest absolute Gasteiger partial charge is 1.00 e. The second-order valence-electron chi connectivity index (χ2n) is 3.88. The van der Waals surface area contributed by atoms with Crippen LogP contribution in [-0.4, -0.2) is 11.9 Å². The molecule has 18 heavy (non-hydrogen) atoms. The fourth-order valence-electron chi connectivity index (χ4n) is 1.80. The second kappa shape index (κ2) is 5.52. The number of rotatable bonds is 2. The van der Waals surface area contributed by atoms with Crippen molar-refractivity contribution in [1.29, 1.82) is 0 Å². The van der Waals surface area contributed by atoms with Gasteiger partial charge in [0.2, 0.25) is 5.91 Å². The van der Waals surface area contributed by atoms with Crippen LogP contribution in [0.4, 0.5) is 0 Å². The molecule has 0 heterocycles. The van der Waals surface area contributed by atoms with Crippen molar-refractivity contribution in [2.45, 2.75) is 6.92 Å². The van der Waals surface area contributed by atoms with Crippen molar-refractivity contribution < 1.29 is 44.3 Å². The summed E-state index contributed by atoms with van der Waals surface area (Å²) in [4.78, 5) is 21.9. The number of fused-ring (bicyclic) bond motifs is 1. The van der Waals surface area contributed by atoms with Crippen LogP contribution in [0.1, 0.15) is 26.3 Å². The minimum absolute atomic E-state index is 0. The number of amides is 1. The van der Waals surface area contributed by atoms with Crippen LogP contribution < -0.4 is 40.4 Å². The first kappa shape index (κ1) is 14.7. The second-order valence-corrected chi connectivity index (χ2v) is 3.88. The molecule has 0 spiro atoms. The molecule has 86 valence electrons. The molecule has 1 amide bonds. The van der Waals surface area contributed by atoms with Gasteiger partial charge in [0, 0.05) is 5.56 Å². The van der Waals surface area contributed by atoms with Crippen molar-refractivity contribution in [2.75, 3.05) is 0 Å². The number of carboxylic acid groups (broad SMARTS) is 1. The van der Waals surface area contributed by atoms with E-state index in [0.717, 1.165) is 10.9 Å². The first-order valence-corrected chi connectivity index (χ1v) is 5.04. The van der Waals surface area contributed by atoms with Gasteiger partial charge in [-0.1, -0.05) is 18.2 Å². The average molecular weight is 251 g/mol. The van der Waals surface area contributed by atoms with Gasteiger partial charge < -0.3 is 15.6 Å². The summed E-state index contributed by atoms with van der Waals surface area (Å²) in [5.41, 5.74) is 6.48. The third kappa shape index (κ3) is 2.72. The molecule has 0 atom stereocenters. The van der Waals surface area contributed by atoms with E-state index in [9.17, 15) is 14.7 Å². The zero-order chi connectivity index (χ0) is 12.6. The van der Waals surface area contributed by atoms with Gasteiger partial charge in [-0.05, 0) is 41.0 Å². The zero-order valence-corrected chi connectivity index (χ0v) is 12.2. The molecule has 2 N–H and O–H groups in total. The topological polar surface area (TPSA) is 83.2 Å². The van der Waals surface area contributed by atoms with E-state index in [2.05, 4.69) is 0 Å². The fourth-order valence-corrected chi connectivity index (χ4v) is 1.80. The number of carboxylic acids is 1. The van der Waals surface area contributed by atoms with E-state index < -0.39 is 11.9 Å². The van der Waals surface area contributed by atoms with Crippen LogP contribution in [0.5, 0.6) is 0 Å². The summed E-state index contributed by atoms with van der Waals surface area (Å²) in [7, 11) is 0. The van der Waals surface area contributed by atoms with Crippen LogP contribution in [0.3, 0.4) is 0 Å². The molecule has 2 aromatic rings. The van der Waals surface area contributed by atoms with Gasteiger partial charge in [-0.15, -0.1) is 0 Å². The van der Waals surface area contributed by atoms with E-state index in [-0.39, 0.29) is 35.1 Å². The maximum Gasteiger partial charge on any atom is 1.00 e. The Morgan fingerprint density at radius 3 is 2.33 bits per heavy atom. The molecule has 0 saturated carbocycles. The summed E-state index contributed by atoms with van der Waals surface area (Å²) in [6, 6.07) is 8.02. The molecule has 0 fully saturated rings. The summed E-state index contributed by atoms with van der Waals surface area (Å²) in [6.07, 6.45) is 0. The Morgan fingerprint density at radius 2 is 1.78 bits per heavy atom. The molecule has 0 aromatic heterocycles. The molecule has 2 rings (SSSR count). The first-order chi connectivity index (χ1) is 7.99. The van der Waals surface area contributed by atoms with E-state index in [4.69, 9.17) is 5.73 Å². The van der Waals surface area contributed by atoms with E-state index in [0.29, 0.717) is 10.9 Å². The number of nitrogens with two attached hydrogens (primary N) is 1. The van der Waals surface area contributed by atoms with Gasteiger partial charge in [0.05, 0.1) is 5.97 Å². The quantitative estimate of drug-likeness (QED) is 0.605. The number of primary amides is 1. The number of hydrogen-bond donors (Lipinski definition) is 1. The zero-order valence-electron chi connectivity index (χ0n) is 10.2. The molecule has 0 bridgehead atoms. The summed E-state index contributed by atoms with van der Waals surface area (Å²) in [5.74, 6) is -1.77. The normalized spacial score (nSPS) is 9.83. The van der Waals surface area contributed by atoms with Gasteiger partial charge >= 0.3 is 29.6 Å². The number of aryl methyl sites for hydroxylation is 1. The van der Waals surface area contributed by atoms with Crippen LogP contribution in [0.15, 0.2) is 30.3 Å². The van der Waals surface area contributed by atoms with Crippen molar-refractivity contribution >= 4 is 22.6 Å². The van der Waals surface area contributed by atoms with E-state index in [1.807, 2.05) is 0 Å². The molecule has 0 saturated heterocycles. The summed E-state index contributed by atoms with van der Waals surface area (Å²) >= 11 is 0. The number of aromatic carboxylic acids is 1. The van der Waals surface area contributed by atoms with Crippen molar-refractivity contribution in [3.8, 4) is 0 Å². The Labute approximate surface area is 126 Å². The van der Waals surface area contributed by atoms with Gasteiger partial charge in [-0.3, -0.25) is 4.79 Å². The number of benzene rings is 2. The summed E-state index contributed by atoms with van der Waals surface area (Å²) in [6.45, 7) is 1.78. The molecule has 4 nitrogen and oxygen atoms in total. The van der Waals surface area contributed by atoms with Gasteiger partial charge in [0.1, 0.15) is 0 Å². The molecule has 5 heteroatoms. The number of hydrogen-bond acceptors (Lipinski definition) is 3. The molecule has 2 aromatic carbocycles. The number of carbonyl (C=O) groups is 2. The Hall–Kier alpha value is -1.36. The third-order valence-electron chi connectivity index (χ3n) is 2.68. The predicted molar refractivity (Wildman–Crippen MR) is 61.5 cm³/mol. The SMILES string of the molecule is Cc1cc2ccc(C(=O)[O-])cc2cc1C(N)=O.[Na+]. The average Bonchev–Trinajstić information content (AvgIpc) is 2.27. The van der Waals surface area contributed by atoms with E-state index in [1.54, 1.807) is 25.1 Å². The van der Waals surface area contributed by atoms with Crippen LogP contribution in [0.25, 0.3) is 10.8 Å². The third-order valence-corrected chi connectivity index (χ3v) is 2.68. The Morgan fingerprint density at radius 1 is 1.11 bits per heavy atom. The van der Waals surface area contributed by atoms with Gasteiger partial charge in [-0.25, -0.2) is 0 Å². The molecule has 0 aliphatic rings. The van der Waals surface area contributed by atoms with Gasteiger partial charge in [-0.2, -0.15) is 0 Å². The molecule has 0 radical (unpaired) electrons. The van der Waals surface area contributed by atoms with Crippen LogP contribution >= 0.6 is 0 Å². The molecule has 0 aliphatic heterocycles. The van der Waals surface area contributed by atoms with Crippen LogP contribution in [0, 0.1) is 6.92 Å². The van der Waals surface area contributed by atoms with Crippen molar-refractivity contribution in [1.82, 2.24) is 0 Å². The Bertz CT molecular complexity index is 637. The summed E-state index contributed by atoms with van der Waals surface area (Å²) < 4.78 is 0. The molecule has 0 aliphatic carbocycles. The Kier molecular flexibility index (Phi) is 4.51. The fraction of sp³-hybridized carbons (Fsp3) is 0.0769. The Balaban J connectivity index is 0.00000162. The first-order valence-electron chi connectivity index (χ1n) is 5.04. The standard InChI is InChI=1S/C13H11NO3.Na/c1-7-4-8-2-3-9(13(16)17)5-10(8)6-11(7)12(14)15;/h2-6H,1H3,(H2,14,15)(H,16,17);/q;+1/p-1. The maximum absolute atomic E-state index is 11.2. The molecular formula is C13H10NNaO3. The minimum Gasteiger partial charge on any atom is -0.545 e. The predicted octanol–water partition coefficient (Wildman–Crippen LogP) is -2.39.